The Morgan fingerprint density at radius 3 is 1.76 bits per heavy atom. The molecule has 2 aromatic rings. The van der Waals surface area contributed by atoms with Crippen LogP contribution in [0.1, 0.15) is 38.8 Å². The number of aromatic amines is 3. The quantitative estimate of drug-likeness (QED) is 0.216. The van der Waals surface area contributed by atoms with Crippen LogP contribution in [0.3, 0.4) is 0 Å². The Hall–Kier alpha value is -2.58. The Bertz CT molecular complexity index is 996. The molecule has 2 rings (SSSR count). The molecule has 33 heavy (non-hydrogen) atoms. The summed E-state index contributed by atoms with van der Waals surface area (Å²) >= 11 is 4.81. The van der Waals surface area contributed by atoms with E-state index in [1.807, 2.05) is 27.7 Å². The number of ether oxygens (including phenoxy) is 4. The number of nitrogens with two attached hydrogens (primary N) is 2. The first-order chi connectivity index (χ1) is 15.8. The molecule has 0 radical (unpaired) electrons. The van der Waals surface area contributed by atoms with Gasteiger partial charge in [-0.05, 0) is 39.9 Å². The van der Waals surface area contributed by atoms with Crippen LogP contribution < -0.4 is 22.6 Å². The highest BCUT2D eigenvalue weighted by Crippen LogP contribution is 2.09. The average molecular weight is 487 g/mol. The van der Waals surface area contributed by atoms with Crippen molar-refractivity contribution in [3.63, 3.8) is 0 Å². The van der Waals surface area contributed by atoms with Crippen LogP contribution in [0.5, 0.6) is 0 Å². The lowest BCUT2D eigenvalue weighted by Gasteiger charge is -2.17. The minimum atomic E-state index is -0.474. The van der Waals surface area contributed by atoms with Crippen molar-refractivity contribution in [2.75, 3.05) is 37.9 Å². The number of rotatable bonds is 12. The first kappa shape index (κ1) is 28.5. The third kappa shape index (κ3) is 9.84. The first-order valence-electron chi connectivity index (χ1n) is 10.7. The van der Waals surface area contributed by atoms with Gasteiger partial charge in [0.2, 0.25) is 0 Å². The molecule has 12 nitrogen and oxygen atoms in total. The Labute approximate surface area is 197 Å². The van der Waals surface area contributed by atoms with Crippen molar-refractivity contribution in [3.05, 3.63) is 42.9 Å². The van der Waals surface area contributed by atoms with Gasteiger partial charge in [0, 0.05) is 39.3 Å². The lowest BCUT2D eigenvalue weighted by molar-refractivity contribution is -0.134. The fraction of sp³-hybridized carbons (Fsp3) is 0.600. The number of nitrogen functional groups attached to an aromatic ring is 2. The highest BCUT2D eigenvalue weighted by molar-refractivity contribution is 7.71. The fourth-order valence-electron chi connectivity index (χ4n) is 2.78. The molecule has 0 aliphatic carbocycles. The van der Waals surface area contributed by atoms with E-state index in [2.05, 4.69) is 19.9 Å². The maximum absolute atomic E-state index is 11.7. The van der Waals surface area contributed by atoms with Crippen LogP contribution in [-0.4, -0.2) is 58.9 Å². The summed E-state index contributed by atoms with van der Waals surface area (Å²) in [6.07, 6.45) is 0.934. The third-order valence-corrected chi connectivity index (χ3v) is 4.41. The molecule has 0 saturated heterocycles. The van der Waals surface area contributed by atoms with E-state index >= 15 is 0 Å². The molecule has 0 saturated carbocycles. The topological polar surface area (TPSA) is 183 Å². The van der Waals surface area contributed by atoms with Crippen molar-refractivity contribution in [3.8, 4) is 0 Å². The standard InChI is InChI=1S/C10H17N3O3S.C10H17N3O3/c1-3-15-7(16-4-2)5-6-8(11)12-10(17)13-9(6)14;1-3-15-8(16-4-2)5-7-9(11)12-6-13-10(7)14/h7H,3-5H2,1-2H3,(H4,11,12,13,14,17);6,8H,3-5H2,1-2H3,(H3,11,12,13,14). The highest BCUT2D eigenvalue weighted by Gasteiger charge is 2.15. The number of nitrogens with zero attached hydrogens (tertiary/aromatic N) is 1. The number of H-pyrrole nitrogens is 3. The SMILES string of the molecule is CCOC(Cc1c(N)[nH]c(=S)[nH]c1=O)OCC.CCOC(Cc1c(N)nc[nH]c1=O)OCC. The molecule has 0 aromatic carbocycles. The van der Waals surface area contributed by atoms with Crippen LogP contribution in [0.4, 0.5) is 11.6 Å². The first-order valence-corrected chi connectivity index (χ1v) is 11.1. The van der Waals surface area contributed by atoms with Gasteiger partial charge in [-0.2, -0.15) is 0 Å². The second kappa shape index (κ2) is 15.3. The second-order valence-corrected chi connectivity index (χ2v) is 6.89. The molecule has 2 heterocycles. The Morgan fingerprint density at radius 1 is 0.848 bits per heavy atom. The van der Waals surface area contributed by atoms with Crippen molar-refractivity contribution in [1.82, 2.24) is 19.9 Å². The maximum Gasteiger partial charge on any atom is 0.257 e. The van der Waals surface area contributed by atoms with Crippen molar-refractivity contribution >= 4 is 23.9 Å². The van der Waals surface area contributed by atoms with Gasteiger partial charge in [0.25, 0.3) is 11.1 Å². The lowest BCUT2D eigenvalue weighted by atomic mass is 10.2. The second-order valence-electron chi connectivity index (χ2n) is 6.48. The highest BCUT2D eigenvalue weighted by atomic mass is 32.1. The van der Waals surface area contributed by atoms with Gasteiger partial charge in [0.1, 0.15) is 11.6 Å². The predicted octanol–water partition coefficient (Wildman–Crippen LogP) is 1.25. The van der Waals surface area contributed by atoms with Crippen LogP contribution in [0, 0.1) is 4.77 Å². The van der Waals surface area contributed by atoms with E-state index in [0.717, 1.165) is 0 Å². The molecule has 7 N–H and O–H groups in total. The van der Waals surface area contributed by atoms with Crippen LogP contribution in [0.2, 0.25) is 0 Å². The lowest BCUT2D eigenvalue weighted by Crippen LogP contribution is -2.26. The summed E-state index contributed by atoms with van der Waals surface area (Å²) < 4.78 is 21.6. The normalized spacial score (nSPS) is 11.0. The Kier molecular flexibility index (Phi) is 13.2. The molecular weight excluding hydrogens is 452 g/mol. The number of hydrogen-bond donors (Lipinski definition) is 5. The van der Waals surface area contributed by atoms with Crippen molar-refractivity contribution in [1.29, 1.82) is 0 Å². The van der Waals surface area contributed by atoms with Gasteiger partial charge in [-0.1, -0.05) is 0 Å². The van der Waals surface area contributed by atoms with Gasteiger partial charge in [0.05, 0.1) is 17.5 Å². The molecule has 13 heteroatoms. The van der Waals surface area contributed by atoms with Crippen LogP contribution in [-0.2, 0) is 31.8 Å². The van der Waals surface area contributed by atoms with Crippen LogP contribution in [0.15, 0.2) is 15.9 Å². The number of anilines is 2. The van der Waals surface area contributed by atoms with E-state index in [4.69, 9.17) is 42.6 Å². The van der Waals surface area contributed by atoms with E-state index in [-0.39, 0.29) is 33.9 Å². The molecule has 0 aliphatic rings. The van der Waals surface area contributed by atoms with Crippen molar-refractivity contribution in [2.45, 2.75) is 53.1 Å². The predicted molar refractivity (Wildman–Crippen MR) is 127 cm³/mol. The molecule has 0 spiro atoms. The van der Waals surface area contributed by atoms with Gasteiger partial charge in [-0.25, -0.2) is 4.98 Å². The minimum absolute atomic E-state index is 0.209. The van der Waals surface area contributed by atoms with Gasteiger partial charge in [-0.15, -0.1) is 0 Å². The average Bonchev–Trinajstić information content (AvgIpc) is 2.74. The van der Waals surface area contributed by atoms with Crippen molar-refractivity contribution < 1.29 is 18.9 Å². The summed E-state index contributed by atoms with van der Waals surface area (Å²) in [4.78, 5) is 34.6. The Balaban J connectivity index is 0.000000331. The molecular formula is C20H34N6O6S. The summed E-state index contributed by atoms with van der Waals surface area (Å²) in [5.74, 6) is 0.469. The summed E-state index contributed by atoms with van der Waals surface area (Å²) in [6, 6.07) is 0. The van der Waals surface area contributed by atoms with Crippen LogP contribution in [0.25, 0.3) is 0 Å². The zero-order valence-corrected chi connectivity index (χ0v) is 20.3. The van der Waals surface area contributed by atoms with E-state index in [1.54, 1.807) is 0 Å². The molecule has 0 fully saturated rings. The third-order valence-electron chi connectivity index (χ3n) is 4.21. The largest absolute Gasteiger partial charge is 0.385 e. The molecule has 0 amide bonds. The summed E-state index contributed by atoms with van der Waals surface area (Å²) in [5, 5.41) is 0. The zero-order chi connectivity index (χ0) is 24.8. The molecule has 0 aliphatic heterocycles. The number of aromatic nitrogens is 4. The van der Waals surface area contributed by atoms with Crippen molar-refractivity contribution in [2.24, 2.45) is 0 Å². The molecule has 0 atom stereocenters. The van der Waals surface area contributed by atoms with Crippen LogP contribution >= 0.6 is 12.2 Å². The molecule has 186 valence electrons. The van der Waals surface area contributed by atoms with Gasteiger partial charge >= 0.3 is 0 Å². The Morgan fingerprint density at radius 2 is 1.33 bits per heavy atom. The summed E-state index contributed by atoms with van der Waals surface area (Å²) in [7, 11) is 0. The molecule has 2 aromatic heterocycles. The smallest absolute Gasteiger partial charge is 0.257 e. The monoisotopic (exact) mass is 486 g/mol. The summed E-state index contributed by atoms with van der Waals surface area (Å²) in [6.45, 7) is 9.49. The molecule has 0 unspecified atom stereocenters. The van der Waals surface area contributed by atoms with E-state index in [9.17, 15) is 9.59 Å². The zero-order valence-electron chi connectivity index (χ0n) is 19.4. The fourth-order valence-corrected chi connectivity index (χ4v) is 2.98. The number of hydrogen-bond acceptors (Lipinski definition) is 10. The van der Waals surface area contributed by atoms with Gasteiger partial charge < -0.3 is 40.4 Å². The minimum Gasteiger partial charge on any atom is -0.385 e. The van der Waals surface area contributed by atoms with Gasteiger partial charge in [-0.3, -0.25) is 14.6 Å². The van der Waals surface area contributed by atoms with E-state index in [0.29, 0.717) is 44.0 Å². The summed E-state index contributed by atoms with van der Waals surface area (Å²) in [5.41, 5.74) is 11.6. The van der Waals surface area contributed by atoms with E-state index in [1.165, 1.54) is 6.33 Å². The van der Waals surface area contributed by atoms with E-state index < -0.39 is 12.6 Å². The molecule has 0 bridgehead atoms. The number of nitrogens with one attached hydrogen (secondary N) is 3. The maximum atomic E-state index is 11.7. The van der Waals surface area contributed by atoms with Gasteiger partial charge in [0.15, 0.2) is 17.4 Å².